The number of hydrogen-bond donors (Lipinski definition) is 2. The van der Waals surface area contributed by atoms with Crippen molar-refractivity contribution in [3.05, 3.63) is 65.0 Å². The molecule has 1 heterocycles. The summed E-state index contributed by atoms with van der Waals surface area (Å²) in [6, 6.07) is 7.58. The van der Waals surface area contributed by atoms with Crippen LogP contribution in [0.1, 0.15) is 34.5 Å². The lowest BCUT2D eigenvalue weighted by Crippen LogP contribution is -2.54. The second kappa shape index (κ2) is 7.70. The van der Waals surface area contributed by atoms with E-state index >= 15 is 0 Å². The Morgan fingerprint density at radius 3 is 2.45 bits per heavy atom. The van der Waals surface area contributed by atoms with E-state index in [2.05, 4.69) is 10.7 Å². The van der Waals surface area contributed by atoms with E-state index in [1.165, 1.54) is 36.4 Å². The molecule has 1 atom stereocenters. The van der Waals surface area contributed by atoms with Crippen molar-refractivity contribution in [3.63, 3.8) is 0 Å². The topological polar surface area (TPSA) is 64.7 Å². The number of alkyl halides is 3. The molecule has 1 aliphatic heterocycles. The van der Waals surface area contributed by atoms with Gasteiger partial charge in [0.05, 0.1) is 22.9 Å². The molecule has 6 nitrogen and oxygen atoms in total. The summed E-state index contributed by atoms with van der Waals surface area (Å²) in [7, 11) is 1.52. The predicted molar refractivity (Wildman–Crippen MR) is 96.8 cm³/mol. The molecule has 0 fully saturated rings. The van der Waals surface area contributed by atoms with Gasteiger partial charge in [0.2, 0.25) is 5.91 Å². The zero-order chi connectivity index (χ0) is 21.3. The molecule has 0 aliphatic carbocycles. The molecule has 0 radical (unpaired) electrons. The molecule has 3 rings (SSSR count). The molecule has 0 bridgehead atoms. The summed E-state index contributed by atoms with van der Waals surface area (Å²) < 4.78 is 51.4. The molecule has 0 aromatic heterocycles. The maximum absolute atomic E-state index is 13.5. The lowest BCUT2D eigenvalue weighted by Gasteiger charge is -2.37. The van der Waals surface area contributed by atoms with Crippen molar-refractivity contribution in [2.75, 3.05) is 19.0 Å². The van der Waals surface area contributed by atoms with Crippen LogP contribution >= 0.6 is 0 Å². The van der Waals surface area contributed by atoms with Crippen molar-refractivity contribution >= 4 is 17.5 Å². The summed E-state index contributed by atoms with van der Waals surface area (Å²) in [4.78, 5) is 25.0. The summed E-state index contributed by atoms with van der Waals surface area (Å²) in [6.07, 6.45) is -4.44. The summed E-state index contributed by atoms with van der Waals surface area (Å²) in [5.74, 6) is -1.67. The van der Waals surface area contributed by atoms with Gasteiger partial charge >= 0.3 is 6.18 Å². The second-order valence-electron chi connectivity index (χ2n) is 6.60. The minimum Gasteiger partial charge on any atom is -0.348 e. The van der Waals surface area contributed by atoms with Crippen LogP contribution in [0.4, 0.5) is 23.2 Å². The Labute approximate surface area is 164 Å². The number of hydrazine groups is 2. The number of benzene rings is 2. The van der Waals surface area contributed by atoms with Crippen LogP contribution in [0, 0.1) is 5.82 Å². The fourth-order valence-corrected chi connectivity index (χ4v) is 2.95. The summed E-state index contributed by atoms with van der Waals surface area (Å²) in [6.45, 7) is 1.26. The SMILES string of the molecule is C[C@H](NC(=O)CN1C(=O)c2cc(F)ccc2NN1C)c1ccc(C(F)(F)F)cc1. The lowest BCUT2D eigenvalue weighted by molar-refractivity contribution is -0.137. The molecule has 2 aromatic rings. The second-order valence-corrected chi connectivity index (χ2v) is 6.60. The monoisotopic (exact) mass is 410 g/mol. The quantitative estimate of drug-likeness (QED) is 0.759. The number of carbonyl (C=O) groups excluding carboxylic acids is 2. The van der Waals surface area contributed by atoms with E-state index < -0.39 is 35.4 Å². The van der Waals surface area contributed by atoms with E-state index in [1.54, 1.807) is 6.92 Å². The van der Waals surface area contributed by atoms with Gasteiger partial charge in [-0.15, -0.1) is 5.12 Å². The number of amides is 2. The van der Waals surface area contributed by atoms with Crippen molar-refractivity contribution in [2.24, 2.45) is 0 Å². The normalized spacial score (nSPS) is 15.5. The number of anilines is 1. The predicted octanol–water partition coefficient (Wildman–Crippen LogP) is 3.35. The van der Waals surface area contributed by atoms with Crippen LogP contribution in [0.5, 0.6) is 0 Å². The Balaban J connectivity index is 1.66. The van der Waals surface area contributed by atoms with Crippen molar-refractivity contribution in [1.29, 1.82) is 0 Å². The molecule has 0 spiro atoms. The molecule has 2 N–H and O–H groups in total. The maximum atomic E-state index is 13.5. The third-order valence-electron chi connectivity index (χ3n) is 4.50. The molecule has 0 saturated heterocycles. The Morgan fingerprint density at radius 2 is 1.83 bits per heavy atom. The van der Waals surface area contributed by atoms with Gasteiger partial charge in [-0.2, -0.15) is 13.2 Å². The first kappa shape index (κ1) is 20.6. The highest BCUT2D eigenvalue weighted by molar-refractivity contribution is 6.02. The number of rotatable bonds is 4. The van der Waals surface area contributed by atoms with Crippen molar-refractivity contribution in [1.82, 2.24) is 15.4 Å². The smallest absolute Gasteiger partial charge is 0.348 e. The van der Waals surface area contributed by atoms with Gasteiger partial charge in [-0.25, -0.2) is 9.40 Å². The average Bonchev–Trinajstić information content (AvgIpc) is 2.65. The van der Waals surface area contributed by atoms with Crippen LogP contribution < -0.4 is 10.7 Å². The first-order valence-electron chi connectivity index (χ1n) is 8.64. The number of nitrogens with zero attached hydrogens (tertiary/aromatic N) is 2. The number of halogens is 4. The van der Waals surface area contributed by atoms with Gasteiger partial charge in [0.25, 0.3) is 5.91 Å². The van der Waals surface area contributed by atoms with Gasteiger partial charge in [-0.1, -0.05) is 12.1 Å². The average molecular weight is 410 g/mol. The van der Waals surface area contributed by atoms with Gasteiger partial charge in [-0.05, 0) is 42.8 Å². The third-order valence-corrected chi connectivity index (χ3v) is 4.50. The van der Waals surface area contributed by atoms with Crippen molar-refractivity contribution in [2.45, 2.75) is 19.1 Å². The Kier molecular flexibility index (Phi) is 5.47. The van der Waals surface area contributed by atoms with E-state index in [-0.39, 0.29) is 12.1 Å². The van der Waals surface area contributed by atoms with E-state index in [0.29, 0.717) is 11.3 Å². The summed E-state index contributed by atoms with van der Waals surface area (Å²) >= 11 is 0. The third kappa shape index (κ3) is 4.48. The van der Waals surface area contributed by atoms with Gasteiger partial charge in [0, 0.05) is 7.05 Å². The van der Waals surface area contributed by atoms with Crippen LogP contribution in [0.2, 0.25) is 0 Å². The largest absolute Gasteiger partial charge is 0.416 e. The molecule has 10 heteroatoms. The van der Waals surface area contributed by atoms with E-state index in [1.807, 2.05) is 0 Å². The highest BCUT2D eigenvalue weighted by Gasteiger charge is 2.31. The molecule has 154 valence electrons. The highest BCUT2D eigenvalue weighted by atomic mass is 19.4. The van der Waals surface area contributed by atoms with Crippen molar-refractivity contribution < 1.29 is 27.2 Å². The van der Waals surface area contributed by atoms with Gasteiger partial charge in [0.1, 0.15) is 12.4 Å². The van der Waals surface area contributed by atoms with Gasteiger partial charge in [-0.3, -0.25) is 9.59 Å². The molecule has 2 amide bonds. The summed E-state index contributed by atoms with van der Waals surface area (Å²) in [5, 5.41) is 5.04. The first-order chi connectivity index (χ1) is 13.6. The number of nitrogens with one attached hydrogen (secondary N) is 2. The Hall–Kier alpha value is -3.14. The standard InChI is InChI=1S/C19H18F4N4O2/c1-11(12-3-5-13(6-4-12)19(21,22)23)24-17(28)10-27-18(29)15-9-14(20)7-8-16(15)25-26(27)2/h3-9,11,25H,10H2,1-2H3,(H,24,28)/t11-/m0/s1. The highest BCUT2D eigenvalue weighted by Crippen LogP contribution is 2.30. The Morgan fingerprint density at radius 1 is 1.17 bits per heavy atom. The molecule has 0 unspecified atom stereocenters. The number of carbonyl (C=O) groups is 2. The lowest BCUT2D eigenvalue weighted by atomic mass is 10.1. The van der Waals surface area contributed by atoms with Crippen LogP contribution in [-0.2, 0) is 11.0 Å². The van der Waals surface area contributed by atoms with Crippen LogP contribution in [0.3, 0.4) is 0 Å². The molecule has 1 aliphatic rings. The van der Waals surface area contributed by atoms with Crippen LogP contribution in [0.15, 0.2) is 42.5 Å². The molecular weight excluding hydrogens is 392 g/mol. The molecule has 2 aromatic carbocycles. The Bertz CT molecular complexity index is 931. The minimum absolute atomic E-state index is 0.0895. The molecule has 0 saturated carbocycles. The zero-order valence-electron chi connectivity index (χ0n) is 15.5. The van der Waals surface area contributed by atoms with Gasteiger partial charge < -0.3 is 10.7 Å². The maximum Gasteiger partial charge on any atom is 0.416 e. The summed E-state index contributed by atoms with van der Waals surface area (Å²) in [5.41, 5.74) is 3.07. The van der Waals surface area contributed by atoms with E-state index in [9.17, 15) is 27.2 Å². The van der Waals surface area contributed by atoms with Crippen molar-refractivity contribution in [3.8, 4) is 0 Å². The fourth-order valence-electron chi connectivity index (χ4n) is 2.95. The molecule has 29 heavy (non-hydrogen) atoms. The van der Waals surface area contributed by atoms with Crippen LogP contribution in [-0.4, -0.2) is 35.5 Å². The minimum atomic E-state index is -4.44. The zero-order valence-corrected chi connectivity index (χ0v) is 15.5. The molecular formula is C19H18F4N4O2. The first-order valence-corrected chi connectivity index (χ1v) is 8.64. The number of hydrogen-bond acceptors (Lipinski definition) is 4. The van der Waals surface area contributed by atoms with Crippen LogP contribution in [0.25, 0.3) is 0 Å². The van der Waals surface area contributed by atoms with Gasteiger partial charge in [0.15, 0.2) is 0 Å². The van der Waals surface area contributed by atoms with E-state index in [4.69, 9.17) is 0 Å². The number of fused-ring (bicyclic) bond motifs is 1. The van der Waals surface area contributed by atoms with E-state index in [0.717, 1.165) is 23.2 Å². The fraction of sp³-hybridized carbons (Fsp3) is 0.263.